The van der Waals surface area contributed by atoms with Crippen LogP contribution in [0.1, 0.15) is 56.1 Å². The zero-order valence-electron chi connectivity index (χ0n) is 19.5. The molecular weight excluding hydrogens is 458 g/mol. The van der Waals surface area contributed by atoms with Gasteiger partial charge < -0.3 is 14.4 Å². The Hall–Kier alpha value is -2.85. The molecule has 0 aromatic carbocycles. The van der Waals surface area contributed by atoms with Gasteiger partial charge in [0.05, 0.1) is 25.9 Å². The van der Waals surface area contributed by atoms with Crippen LogP contribution in [0.5, 0.6) is 0 Å². The Balaban J connectivity index is 1.80. The molecule has 3 heterocycles. The van der Waals surface area contributed by atoms with Crippen LogP contribution in [0.3, 0.4) is 0 Å². The van der Waals surface area contributed by atoms with Gasteiger partial charge in [0.25, 0.3) is 5.92 Å². The molecule has 1 aromatic heterocycles. The van der Waals surface area contributed by atoms with Crippen LogP contribution in [0.15, 0.2) is 18.2 Å². The fraction of sp³-hybridized carbons (Fsp3) is 0.609. The number of nitrogens with zero attached hydrogens (tertiary/aromatic N) is 3. The maximum atomic E-state index is 13.8. The number of ether oxygens (including phenoxy) is 2. The van der Waals surface area contributed by atoms with Crippen molar-refractivity contribution in [2.45, 2.75) is 57.5 Å². The van der Waals surface area contributed by atoms with Gasteiger partial charge in [0.1, 0.15) is 11.4 Å². The number of carbonyl (C=O) groups is 2. The molecule has 3 aliphatic rings. The van der Waals surface area contributed by atoms with Crippen molar-refractivity contribution in [2.24, 2.45) is 5.41 Å². The van der Waals surface area contributed by atoms with Gasteiger partial charge >= 0.3 is 12.1 Å². The van der Waals surface area contributed by atoms with E-state index in [1.54, 1.807) is 26.8 Å². The van der Waals surface area contributed by atoms with E-state index in [0.717, 1.165) is 0 Å². The summed E-state index contributed by atoms with van der Waals surface area (Å²) in [6, 6.07) is 2.83. The SMILES string of the molecule is COC(=O)c1ccc(C2=CC3(CCN2C(=O)OC(C)(C)C)CC(F)(F)C3)c(N2CC(F)(F)C2)n1. The highest BCUT2D eigenvalue weighted by Gasteiger charge is 2.57. The van der Waals surface area contributed by atoms with Crippen molar-refractivity contribution in [3.8, 4) is 0 Å². The zero-order chi connectivity index (χ0) is 25.1. The third kappa shape index (κ3) is 4.69. The van der Waals surface area contributed by atoms with Crippen LogP contribution in [0.25, 0.3) is 5.70 Å². The minimum atomic E-state index is -2.93. The standard InChI is InChI=1S/C23H27F4N3O4/c1-20(2,3)34-19(32)30-8-7-21(10-22(24,25)11-21)9-16(30)14-5-6-15(18(31)33-4)28-17(14)29-12-23(26,27)13-29/h5-6,9H,7-8,10-13H2,1-4H3. The summed E-state index contributed by atoms with van der Waals surface area (Å²) >= 11 is 0. The summed E-state index contributed by atoms with van der Waals surface area (Å²) in [7, 11) is 1.17. The van der Waals surface area contributed by atoms with Gasteiger partial charge in [-0.15, -0.1) is 0 Å². The van der Waals surface area contributed by atoms with Crippen molar-refractivity contribution in [3.05, 3.63) is 29.5 Å². The molecule has 0 unspecified atom stereocenters. The number of amides is 1. The Morgan fingerprint density at radius 1 is 1.06 bits per heavy atom. The maximum Gasteiger partial charge on any atom is 0.414 e. The van der Waals surface area contributed by atoms with Gasteiger partial charge in [0.15, 0.2) is 5.69 Å². The number of halogens is 4. The first kappa shape index (κ1) is 24.3. The Morgan fingerprint density at radius 2 is 1.71 bits per heavy atom. The molecule has 1 saturated carbocycles. The van der Waals surface area contributed by atoms with Gasteiger partial charge in [-0.3, -0.25) is 4.90 Å². The number of rotatable bonds is 3. The van der Waals surface area contributed by atoms with E-state index in [4.69, 9.17) is 9.47 Å². The predicted octanol–water partition coefficient (Wildman–Crippen LogP) is 4.72. The lowest BCUT2D eigenvalue weighted by Gasteiger charge is -2.50. The largest absolute Gasteiger partial charge is 0.464 e. The molecule has 1 amide bonds. The van der Waals surface area contributed by atoms with E-state index in [1.807, 2.05) is 0 Å². The first-order valence-corrected chi connectivity index (χ1v) is 11.0. The molecule has 34 heavy (non-hydrogen) atoms. The second-order valence-corrected chi connectivity index (χ2v) is 10.3. The predicted molar refractivity (Wildman–Crippen MR) is 115 cm³/mol. The summed E-state index contributed by atoms with van der Waals surface area (Å²) in [5.74, 6) is -6.43. The van der Waals surface area contributed by atoms with Crippen LogP contribution < -0.4 is 4.90 Å². The number of anilines is 1. The van der Waals surface area contributed by atoms with Crippen LogP contribution >= 0.6 is 0 Å². The van der Waals surface area contributed by atoms with Crippen molar-refractivity contribution in [1.82, 2.24) is 9.88 Å². The zero-order valence-corrected chi connectivity index (χ0v) is 19.5. The van der Waals surface area contributed by atoms with Crippen LogP contribution in [0.2, 0.25) is 0 Å². The van der Waals surface area contributed by atoms with E-state index < -0.39 is 48.0 Å². The van der Waals surface area contributed by atoms with Crippen LogP contribution in [0.4, 0.5) is 28.2 Å². The molecule has 0 N–H and O–H groups in total. The summed E-state index contributed by atoms with van der Waals surface area (Å²) in [5.41, 5.74) is -1.19. The first-order chi connectivity index (χ1) is 15.6. The van der Waals surface area contributed by atoms with E-state index in [2.05, 4.69) is 4.98 Å². The Kier molecular flexibility index (Phi) is 5.60. The number of aromatic nitrogens is 1. The van der Waals surface area contributed by atoms with Crippen molar-refractivity contribution in [3.63, 3.8) is 0 Å². The molecule has 1 spiro atoms. The maximum absolute atomic E-state index is 13.8. The quantitative estimate of drug-likeness (QED) is 0.456. The molecule has 2 fully saturated rings. The summed E-state index contributed by atoms with van der Waals surface area (Å²) in [5, 5.41) is 0. The molecule has 1 aliphatic carbocycles. The van der Waals surface area contributed by atoms with Crippen molar-refractivity contribution in [1.29, 1.82) is 0 Å². The number of hydrogen-bond acceptors (Lipinski definition) is 6. The molecule has 1 saturated heterocycles. The lowest BCUT2D eigenvalue weighted by atomic mass is 9.62. The fourth-order valence-electron chi connectivity index (χ4n) is 4.65. The van der Waals surface area contributed by atoms with Gasteiger partial charge in [-0.2, -0.15) is 0 Å². The molecule has 1 aromatic rings. The Labute approximate surface area is 194 Å². The molecule has 0 bridgehead atoms. The van der Waals surface area contributed by atoms with Crippen molar-refractivity contribution < 1.29 is 36.6 Å². The lowest BCUT2D eigenvalue weighted by Crippen LogP contribution is -2.57. The molecule has 11 heteroatoms. The molecule has 2 aliphatic heterocycles. The fourth-order valence-corrected chi connectivity index (χ4v) is 4.65. The van der Waals surface area contributed by atoms with Gasteiger partial charge in [-0.25, -0.2) is 32.1 Å². The van der Waals surface area contributed by atoms with Crippen LogP contribution in [-0.4, -0.2) is 66.1 Å². The van der Waals surface area contributed by atoms with Gasteiger partial charge in [-0.05, 0) is 39.3 Å². The Morgan fingerprint density at radius 3 is 2.24 bits per heavy atom. The van der Waals surface area contributed by atoms with Gasteiger partial charge in [0, 0.05) is 30.4 Å². The van der Waals surface area contributed by atoms with E-state index >= 15 is 0 Å². The smallest absolute Gasteiger partial charge is 0.414 e. The third-order valence-corrected chi connectivity index (χ3v) is 6.09. The molecule has 7 nitrogen and oxygen atoms in total. The van der Waals surface area contributed by atoms with E-state index in [1.165, 1.54) is 29.0 Å². The van der Waals surface area contributed by atoms with Crippen LogP contribution in [-0.2, 0) is 9.47 Å². The average molecular weight is 485 g/mol. The van der Waals surface area contributed by atoms with E-state index in [-0.39, 0.29) is 42.2 Å². The molecule has 0 radical (unpaired) electrons. The number of methoxy groups -OCH3 is 1. The highest BCUT2D eigenvalue weighted by Crippen LogP contribution is 2.58. The van der Waals surface area contributed by atoms with Crippen molar-refractivity contribution in [2.75, 3.05) is 31.6 Å². The van der Waals surface area contributed by atoms with Gasteiger partial charge in [-0.1, -0.05) is 6.08 Å². The Bertz CT molecular complexity index is 1040. The minimum absolute atomic E-state index is 0.0526. The number of hydrogen-bond donors (Lipinski definition) is 0. The molecular formula is C23H27F4N3O4. The number of esters is 1. The summed E-state index contributed by atoms with van der Waals surface area (Å²) in [6.45, 7) is 3.97. The summed E-state index contributed by atoms with van der Waals surface area (Å²) in [4.78, 5) is 31.9. The van der Waals surface area contributed by atoms with Gasteiger partial charge in [0.2, 0.25) is 5.92 Å². The normalized spacial score (nSPS) is 22.4. The van der Waals surface area contributed by atoms with Crippen LogP contribution in [0, 0.1) is 5.41 Å². The average Bonchev–Trinajstić information content (AvgIpc) is 2.68. The highest BCUT2D eigenvalue weighted by atomic mass is 19.3. The van der Waals surface area contributed by atoms with E-state index in [0.29, 0.717) is 6.42 Å². The number of carbonyl (C=O) groups excluding carboxylic acids is 2. The molecule has 4 rings (SSSR count). The second-order valence-electron chi connectivity index (χ2n) is 10.3. The topological polar surface area (TPSA) is 72.0 Å². The first-order valence-electron chi connectivity index (χ1n) is 11.0. The number of allylic oxidation sites excluding steroid dienone is 1. The molecule has 0 atom stereocenters. The van der Waals surface area contributed by atoms with E-state index in [9.17, 15) is 27.2 Å². The molecule has 186 valence electrons. The summed E-state index contributed by atoms with van der Waals surface area (Å²) in [6.07, 6.45) is 0.508. The number of alkyl halides is 4. The monoisotopic (exact) mass is 485 g/mol. The third-order valence-electron chi connectivity index (χ3n) is 6.09. The second kappa shape index (κ2) is 7.84. The summed E-state index contributed by atoms with van der Waals surface area (Å²) < 4.78 is 65.2. The van der Waals surface area contributed by atoms with Crippen molar-refractivity contribution >= 4 is 23.6 Å². The number of pyridine rings is 1. The lowest BCUT2D eigenvalue weighted by molar-refractivity contribution is -0.146. The highest BCUT2D eigenvalue weighted by molar-refractivity contribution is 5.91. The minimum Gasteiger partial charge on any atom is -0.464 e.